The second kappa shape index (κ2) is 8.01. The Labute approximate surface area is 161 Å². The molecule has 136 valence electrons. The standard InChI is InChI=1S/C18H21N5OS2/c1-12-5-6-15(9-14(12)3)23-18(19-20-21-23)26-11-17(24)22(4)10-16-13(2)7-8-25-16/h5-9H,10-11H2,1-4H3. The van der Waals surface area contributed by atoms with E-state index in [1.54, 1.807) is 20.9 Å². The van der Waals surface area contributed by atoms with Gasteiger partial charge in [-0.15, -0.1) is 16.4 Å². The van der Waals surface area contributed by atoms with Crippen LogP contribution in [0.25, 0.3) is 5.69 Å². The molecule has 0 bridgehead atoms. The van der Waals surface area contributed by atoms with E-state index in [-0.39, 0.29) is 5.91 Å². The van der Waals surface area contributed by atoms with Gasteiger partial charge in [0, 0.05) is 11.9 Å². The van der Waals surface area contributed by atoms with Gasteiger partial charge in [0.05, 0.1) is 18.0 Å². The molecule has 0 unspecified atom stereocenters. The second-order valence-electron chi connectivity index (χ2n) is 6.21. The molecular formula is C18H21N5OS2. The summed E-state index contributed by atoms with van der Waals surface area (Å²) < 4.78 is 1.67. The van der Waals surface area contributed by atoms with Crippen LogP contribution >= 0.6 is 23.1 Å². The normalized spacial score (nSPS) is 10.9. The lowest BCUT2D eigenvalue weighted by Gasteiger charge is -2.16. The maximum atomic E-state index is 12.5. The van der Waals surface area contributed by atoms with E-state index in [9.17, 15) is 4.79 Å². The summed E-state index contributed by atoms with van der Waals surface area (Å²) in [5, 5.41) is 14.6. The minimum absolute atomic E-state index is 0.0532. The van der Waals surface area contributed by atoms with E-state index in [0.29, 0.717) is 17.5 Å². The van der Waals surface area contributed by atoms with Crippen molar-refractivity contribution in [1.29, 1.82) is 0 Å². The summed E-state index contributed by atoms with van der Waals surface area (Å²) in [6.07, 6.45) is 0. The first-order valence-corrected chi connectivity index (χ1v) is 10.1. The van der Waals surface area contributed by atoms with Crippen molar-refractivity contribution in [2.24, 2.45) is 0 Å². The lowest BCUT2D eigenvalue weighted by Crippen LogP contribution is -2.27. The van der Waals surface area contributed by atoms with Gasteiger partial charge in [-0.1, -0.05) is 17.8 Å². The van der Waals surface area contributed by atoms with Crippen molar-refractivity contribution in [2.45, 2.75) is 32.5 Å². The maximum Gasteiger partial charge on any atom is 0.233 e. The van der Waals surface area contributed by atoms with Gasteiger partial charge in [-0.3, -0.25) is 4.79 Å². The van der Waals surface area contributed by atoms with Crippen molar-refractivity contribution < 1.29 is 4.79 Å². The maximum absolute atomic E-state index is 12.5. The van der Waals surface area contributed by atoms with E-state index in [1.807, 2.05) is 25.2 Å². The Balaban J connectivity index is 1.65. The van der Waals surface area contributed by atoms with Crippen LogP contribution in [-0.2, 0) is 11.3 Å². The molecule has 3 rings (SSSR count). The van der Waals surface area contributed by atoms with Crippen LogP contribution in [0.4, 0.5) is 0 Å². The fourth-order valence-electron chi connectivity index (χ4n) is 2.39. The zero-order chi connectivity index (χ0) is 18.7. The second-order valence-corrected chi connectivity index (χ2v) is 8.15. The number of thiophene rings is 1. The summed E-state index contributed by atoms with van der Waals surface area (Å²) in [6, 6.07) is 8.15. The first-order valence-electron chi connectivity index (χ1n) is 8.21. The van der Waals surface area contributed by atoms with E-state index < -0.39 is 0 Å². The fourth-order valence-corrected chi connectivity index (χ4v) is 4.18. The largest absolute Gasteiger partial charge is 0.340 e. The lowest BCUT2D eigenvalue weighted by molar-refractivity contribution is -0.127. The number of thioether (sulfide) groups is 1. The first-order chi connectivity index (χ1) is 12.5. The molecule has 2 aromatic heterocycles. The number of hydrogen-bond donors (Lipinski definition) is 0. The number of amides is 1. The highest BCUT2D eigenvalue weighted by Crippen LogP contribution is 2.21. The zero-order valence-electron chi connectivity index (χ0n) is 15.3. The van der Waals surface area contributed by atoms with Crippen LogP contribution in [-0.4, -0.2) is 43.8 Å². The van der Waals surface area contributed by atoms with E-state index in [1.165, 1.54) is 33.3 Å². The molecule has 0 fully saturated rings. The van der Waals surface area contributed by atoms with Crippen molar-refractivity contribution in [3.63, 3.8) is 0 Å². The number of benzene rings is 1. The van der Waals surface area contributed by atoms with Crippen LogP contribution in [0.3, 0.4) is 0 Å². The van der Waals surface area contributed by atoms with Gasteiger partial charge in [0.25, 0.3) is 0 Å². The van der Waals surface area contributed by atoms with Crippen LogP contribution in [0.15, 0.2) is 34.8 Å². The van der Waals surface area contributed by atoms with Crippen LogP contribution in [0, 0.1) is 20.8 Å². The molecule has 0 saturated heterocycles. The average molecular weight is 388 g/mol. The van der Waals surface area contributed by atoms with Crippen molar-refractivity contribution in [3.8, 4) is 5.69 Å². The highest BCUT2D eigenvalue weighted by molar-refractivity contribution is 7.99. The molecule has 1 aromatic carbocycles. The number of carbonyl (C=O) groups excluding carboxylic acids is 1. The summed E-state index contributed by atoms with van der Waals surface area (Å²) in [4.78, 5) is 15.4. The molecule has 8 heteroatoms. The third-order valence-electron chi connectivity index (χ3n) is 4.28. The molecule has 0 aliphatic heterocycles. The van der Waals surface area contributed by atoms with Crippen LogP contribution in [0.5, 0.6) is 0 Å². The number of hydrogen-bond acceptors (Lipinski definition) is 6. The van der Waals surface area contributed by atoms with Gasteiger partial charge in [0.15, 0.2) is 0 Å². The van der Waals surface area contributed by atoms with E-state index in [4.69, 9.17) is 0 Å². The third kappa shape index (κ3) is 4.13. The SMILES string of the molecule is Cc1ccc(-n2nnnc2SCC(=O)N(C)Cc2sccc2C)cc1C. The quantitative estimate of drug-likeness (QED) is 0.607. The highest BCUT2D eigenvalue weighted by Gasteiger charge is 2.15. The summed E-state index contributed by atoms with van der Waals surface area (Å²) >= 11 is 3.03. The zero-order valence-corrected chi connectivity index (χ0v) is 16.9. The van der Waals surface area contributed by atoms with E-state index >= 15 is 0 Å². The predicted molar refractivity (Wildman–Crippen MR) is 105 cm³/mol. The minimum Gasteiger partial charge on any atom is -0.340 e. The molecule has 0 aliphatic carbocycles. The van der Waals surface area contributed by atoms with Crippen LogP contribution in [0.2, 0.25) is 0 Å². The van der Waals surface area contributed by atoms with E-state index in [0.717, 1.165) is 5.69 Å². The molecular weight excluding hydrogens is 366 g/mol. The van der Waals surface area contributed by atoms with Gasteiger partial charge in [0.2, 0.25) is 11.1 Å². The Morgan fingerprint density at radius 1 is 1.19 bits per heavy atom. The van der Waals surface area contributed by atoms with Crippen molar-refractivity contribution >= 4 is 29.0 Å². The van der Waals surface area contributed by atoms with Gasteiger partial charge in [-0.05, 0) is 71.5 Å². The van der Waals surface area contributed by atoms with E-state index in [2.05, 4.69) is 47.7 Å². The van der Waals surface area contributed by atoms with Gasteiger partial charge in [0.1, 0.15) is 0 Å². The number of tetrazole rings is 1. The fraction of sp³-hybridized carbons (Fsp3) is 0.333. The monoisotopic (exact) mass is 387 g/mol. The van der Waals surface area contributed by atoms with Crippen molar-refractivity contribution in [3.05, 3.63) is 51.2 Å². The van der Waals surface area contributed by atoms with Gasteiger partial charge >= 0.3 is 0 Å². The smallest absolute Gasteiger partial charge is 0.233 e. The third-order valence-corrected chi connectivity index (χ3v) is 6.19. The summed E-state index contributed by atoms with van der Waals surface area (Å²) in [5.74, 6) is 0.351. The van der Waals surface area contributed by atoms with Crippen molar-refractivity contribution in [1.82, 2.24) is 25.1 Å². The number of carbonyl (C=O) groups is 1. The Morgan fingerprint density at radius 2 is 2.00 bits per heavy atom. The summed E-state index contributed by atoms with van der Waals surface area (Å²) in [7, 11) is 1.83. The molecule has 0 radical (unpaired) electrons. The Hall–Kier alpha value is -2.19. The Kier molecular flexibility index (Phi) is 5.73. The summed E-state index contributed by atoms with van der Waals surface area (Å²) in [6.45, 7) is 6.82. The molecule has 0 saturated carbocycles. The molecule has 6 nitrogen and oxygen atoms in total. The molecule has 2 heterocycles. The van der Waals surface area contributed by atoms with Crippen molar-refractivity contribution in [2.75, 3.05) is 12.8 Å². The van der Waals surface area contributed by atoms with Gasteiger partial charge in [-0.2, -0.15) is 4.68 Å². The molecule has 0 aliphatic rings. The van der Waals surface area contributed by atoms with Gasteiger partial charge in [-0.25, -0.2) is 0 Å². The average Bonchev–Trinajstić information content (AvgIpc) is 3.24. The molecule has 3 aromatic rings. The first kappa shape index (κ1) is 18.6. The van der Waals surface area contributed by atoms with Gasteiger partial charge < -0.3 is 4.90 Å². The number of rotatable bonds is 6. The number of aryl methyl sites for hydroxylation is 3. The molecule has 1 amide bonds. The van der Waals surface area contributed by atoms with Crippen LogP contribution in [0.1, 0.15) is 21.6 Å². The summed E-state index contributed by atoms with van der Waals surface area (Å²) in [5.41, 5.74) is 4.52. The molecule has 0 spiro atoms. The van der Waals surface area contributed by atoms with Crippen LogP contribution < -0.4 is 0 Å². The molecule has 0 atom stereocenters. The minimum atomic E-state index is 0.0532. The Morgan fingerprint density at radius 3 is 2.69 bits per heavy atom. The number of nitrogens with zero attached hydrogens (tertiary/aromatic N) is 5. The lowest BCUT2D eigenvalue weighted by atomic mass is 10.1. The number of aromatic nitrogens is 4. The molecule has 26 heavy (non-hydrogen) atoms. The topological polar surface area (TPSA) is 63.9 Å². The highest BCUT2D eigenvalue weighted by atomic mass is 32.2. The molecule has 0 N–H and O–H groups in total. The Bertz CT molecular complexity index is 918. The predicted octanol–water partition coefficient (Wildman–Crippen LogP) is 3.40.